The normalized spacial score (nSPS) is 19.2. The van der Waals surface area contributed by atoms with Crippen LogP contribution in [-0.4, -0.2) is 56.7 Å². The van der Waals surface area contributed by atoms with E-state index in [-0.39, 0.29) is 6.61 Å². The molecule has 4 heterocycles. The quantitative estimate of drug-likeness (QED) is 0.676. The van der Waals surface area contributed by atoms with E-state index < -0.39 is 0 Å². The van der Waals surface area contributed by atoms with Gasteiger partial charge in [0.05, 0.1) is 0 Å². The van der Waals surface area contributed by atoms with E-state index in [0.29, 0.717) is 6.04 Å². The van der Waals surface area contributed by atoms with Gasteiger partial charge in [0.2, 0.25) is 0 Å². The van der Waals surface area contributed by atoms with E-state index in [4.69, 9.17) is 0 Å². The zero-order valence-electron chi connectivity index (χ0n) is 14.7. The highest BCUT2D eigenvalue weighted by Crippen LogP contribution is 2.22. The number of aliphatic hydroxyl groups is 1. The second-order valence-corrected chi connectivity index (χ2v) is 8.54. The first-order chi connectivity index (χ1) is 12.8. The molecule has 1 aliphatic rings. The minimum atomic E-state index is 0.245. The van der Waals surface area contributed by atoms with E-state index in [1.807, 2.05) is 22.9 Å². The van der Waals surface area contributed by atoms with Crippen LogP contribution >= 0.6 is 22.7 Å². The second kappa shape index (κ2) is 8.45. The lowest BCUT2D eigenvalue weighted by atomic mass is 10.1. The number of nitrogens with zero attached hydrogens (tertiary/aromatic N) is 4. The smallest absolute Gasteiger partial charge is 0.193 e. The van der Waals surface area contributed by atoms with Crippen LogP contribution in [0.15, 0.2) is 47.4 Å². The average molecular weight is 389 g/mol. The van der Waals surface area contributed by atoms with E-state index >= 15 is 0 Å². The van der Waals surface area contributed by atoms with Gasteiger partial charge in [0, 0.05) is 73.7 Å². The Balaban J connectivity index is 1.42. The maximum atomic E-state index is 9.52. The number of piperazine rings is 1. The molecule has 0 saturated carbocycles. The van der Waals surface area contributed by atoms with Crippen LogP contribution in [0.4, 0.5) is 0 Å². The van der Waals surface area contributed by atoms with Crippen LogP contribution in [0.2, 0.25) is 0 Å². The molecule has 0 bridgehead atoms. The highest BCUT2D eigenvalue weighted by Gasteiger charge is 2.27. The lowest BCUT2D eigenvalue weighted by molar-refractivity contribution is 0.0498. The molecule has 0 unspecified atom stereocenters. The number of hydrogen-bond donors (Lipinski definition) is 1. The Morgan fingerprint density at radius 3 is 2.85 bits per heavy atom. The fraction of sp³-hybridized carbons (Fsp3) is 0.421. The SMILES string of the molecule is OCC[C@H]1CN(Cc2cccn2-c2nccs2)CCN1Cc1cccs1. The Hall–Kier alpha value is -1.51. The minimum Gasteiger partial charge on any atom is -0.396 e. The summed E-state index contributed by atoms with van der Waals surface area (Å²) in [5, 5.41) is 14.7. The molecule has 1 fully saturated rings. The molecule has 0 radical (unpaired) electrons. The number of aromatic nitrogens is 2. The van der Waals surface area contributed by atoms with Gasteiger partial charge in [-0.05, 0) is 30.0 Å². The van der Waals surface area contributed by atoms with Crippen molar-refractivity contribution in [2.45, 2.75) is 25.6 Å². The van der Waals surface area contributed by atoms with Crippen molar-refractivity contribution in [2.75, 3.05) is 26.2 Å². The molecular formula is C19H24N4OS2. The van der Waals surface area contributed by atoms with Crippen LogP contribution in [0.1, 0.15) is 17.0 Å². The summed E-state index contributed by atoms with van der Waals surface area (Å²) >= 11 is 3.48. The molecular weight excluding hydrogens is 364 g/mol. The first-order valence-electron chi connectivity index (χ1n) is 8.99. The second-order valence-electron chi connectivity index (χ2n) is 6.64. The molecule has 3 aromatic heterocycles. The first-order valence-corrected chi connectivity index (χ1v) is 10.7. The lowest BCUT2D eigenvalue weighted by Gasteiger charge is -2.41. The van der Waals surface area contributed by atoms with Crippen LogP contribution in [-0.2, 0) is 13.1 Å². The standard InChI is InChI=1S/C19H24N4OS2/c24-10-5-16-13-21(8-9-22(16)15-18-4-2-11-25-18)14-17-3-1-7-23(17)19-20-6-12-26-19/h1-4,6-7,11-12,16,24H,5,8-10,13-15H2/t16-/m0/s1. The maximum absolute atomic E-state index is 9.52. The van der Waals surface area contributed by atoms with E-state index in [0.717, 1.165) is 44.3 Å². The molecule has 4 rings (SSSR count). The monoisotopic (exact) mass is 388 g/mol. The number of hydrogen-bond acceptors (Lipinski definition) is 6. The third-order valence-electron chi connectivity index (χ3n) is 4.93. The summed E-state index contributed by atoms with van der Waals surface area (Å²) in [6.07, 6.45) is 4.77. The Kier molecular flexibility index (Phi) is 5.81. The van der Waals surface area contributed by atoms with Gasteiger partial charge in [0.1, 0.15) is 0 Å². The molecule has 3 aromatic rings. The zero-order chi connectivity index (χ0) is 17.8. The predicted octanol–water partition coefficient (Wildman–Crippen LogP) is 3.06. The highest BCUT2D eigenvalue weighted by atomic mass is 32.1. The average Bonchev–Trinajstić information content (AvgIpc) is 3.39. The predicted molar refractivity (Wildman–Crippen MR) is 107 cm³/mol. The topological polar surface area (TPSA) is 44.5 Å². The van der Waals surface area contributed by atoms with E-state index in [2.05, 4.69) is 55.2 Å². The largest absolute Gasteiger partial charge is 0.396 e. The molecule has 0 amide bonds. The lowest BCUT2D eigenvalue weighted by Crippen LogP contribution is -2.52. The Labute approximate surface area is 162 Å². The highest BCUT2D eigenvalue weighted by molar-refractivity contribution is 7.12. The number of thiophene rings is 1. The van der Waals surface area contributed by atoms with E-state index in [9.17, 15) is 5.11 Å². The van der Waals surface area contributed by atoms with Gasteiger partial charge in [-0.1, -0.05) is 6.07 Å². The van der Waals surface area contributed by atoms with Crippen LogP contribution in [0.3, 0.4) is 0 Å². The molecule has 1 N–H and O–H groups in total. The van der Waals surface area contributed by atoms with Crippen molar-refractivity contribution in [2.24, 2.45) is 0 Å². The molecule has 26 heavy (non-hydrogen) atoms. The van der Waals surface area contributed by atoms with Crippen LogP contribution < -0.4 is 0 Å². The fourth-order valence-electron chi connectivity index (χ4n) is 3.63. The molecule has 0 aliphatic carbocycles. The minimum absolute atomic E-state index is 0.245. The first kappa shape index (κ1) is 17.9. The summed E-state index contributed by atoms with van der Waals surface area (Å²) in [6, 6.07) is 8.99. The van der Waals surface area contributed by atoms with Crippen molar-refractivity contribution >= 4 is 22.7 Å². The molecule has 1 aliphatic heterocycles. The van der Waals surface area contributed by atoms with Gasteiger partial charge in [-0.25, -0.2) is 4.98 Å². The van der Waals surface area contributed by atoms with E-state index in [1.165, 1.54) is 10.6 Å². The van der Waals surface area contributed by atoms with Gasteiger partial charge in [0.15, 0.2) is 5.13 Å². The fourth-order valence-corrected chi connectivity index (χ4v) is 5.02. The molecule has 5 nitrogen and oxygen atoms in total. The zero-order valence-corrected chi connectivity index (χ0v) is 16.3. The summed E-state index contributed by atoms with van der Waals surface area (Å²) in [5.41, 5.74) is 1.27. The van der Waals surface area contributed by atoms with Crippen molar-refractivity contribution < 1.29 is 5.11 Å². The summed E-state index contributed by atoms with van der Waals surface area (Å²) in [6.45, 7) is 5.24. The van der Waals surface area contributed by atoms with Gasteiger partial charge in [-0.2, -0.15) is 0 Å². The summed E-state index contributed by atoms with van der Waals surface area (Å²) < 4.78 is 2.18. The van der Waals surface area contributed by atoms with Crippen molar-refractivity contribution in [1.29, 1.82) is 0 Å². The van der Waals surface area contributed by atoms with Crippen molar-refractivity contribution in [3.8, 4) is 5.13 Å². The number of thiazole rings is 1. The summed E-state index contributed by atoms with van der Waals surface area (Å²) in [4.78, 5) is 10.9. The molecule has 1 atom stereocenters. The third-order valence-corrected chi connectivity index (χ3v) is 6.57. The van der Waals surface area contributed by atoms with Crippen LogP contribution in [0, 0.1) is 0 Å². The molecule has 0 aromatic carbocycles. The van der Waals surface area contributed by atoms with Crippen molar-refractivity contribution in [3.05, 3.63) is 58.0 Å². The van der Waals surface area contributed by atoms with Crippen LogP contribution in [0.25, 0.3) is 5.13 Å². The van der Waals surface area contributed by atoms with Gasteiger partial charge in [0.25, 0.3) is 0 Å². The van der Waals surface area contributed by atoms with Gasteiger partial charge in [-0.3, -0.25) is 14.4 Å². The summed E-state index contributed by atoms with van der Waals surface area (Å²) in [7, 11) is 0. The number of aliphatic hydroxyl groups excluding tert-OH is 1. The molecule has 138 valence electrons. The Morgan fingerprint density at radius 1 is 1.12 bits per heavy atom. The molecule has 7 heteroatoms. The Morgan fingerprint density at radius 2 is 2.08 bits per heavy atom. The summed E-state index contributed by atoms with van der Waals surface area (Å²) in [5.74, 6) is 0. The van der Waals surface area contributed by atoms with Gasteiger partial charge in [-0.15, -0.1) is 22.7 Å². The maximum Gasteiger partial charge on any atom is 0.193 e. The molecule has 0 spiro atoms. The van der Waals surface area contributed by atoms with Crippen LogP contribution in [0.5, 0.6) is 0 Å². The van der Waals surface area contributed by atoms with Gasteiger partial charge < -0.3 is 5.11 Å². The molecule has 1 saturated heterocycles. The van der Waals surface area contributed by atoms with E-state index in [1.54, 1.807) is 11.3 Å². The van der Waals surface area contributed by atoms with Crippen molar-refractivity contribution in [1.82, 2.24) is 19.4 Å². The van der Waals surface area contributed by atoms with Gasteiger partial charge >= 0.3 is 0 Å². The third kappa shape index (κ3) is 4.07. The Bertz CT molecular complexity index is 784. The van der Waals surface area contributed by atoms with Crippen molar-refractivity contribution in [3.63, 3.8) is 0 Å². The number of rotatable bonds is 7.